The summed E-state index contributed by atoms with van der Waals surface area (Å²) in [6, 6.07) is 12.4. The van der Waals surface area contributed by atoms with Gasteiger partial charge in [-0.1, -0.05) is 36.4 Å². The molecule has 1 amide bonds. The number of nitrogens with one attached hydrogen (secondary N) is 1. The maximum atomic E-state index is 13.0. The Morgan fingerprint density at radius 2 is 1.79 bits per heavy atom. The Kier molecular flexibility index (Phi) is 6.93. The normalized spacial score (nSPS) is 12.5. The summed E-state index contributed by atoms with van der Waals surface area (Å²) in [5.41, 5.74) is 1.98. The molecule has 0 fully saturated rings. The third-order valence-electron chi connectivity index (χ3n) is 4.26. The number of amides is 1. The minimum absolute atomic E-state index is 0.240. The van der Waals surface area contributed by atoms with Gasteiger partial charge in [-0.15, -0.1) is 0 Å². The van der Waals surface area contributed by atoms with E-state index in [0.717, 1.165) is 16.1 Å². The van der Waals surface area contributed by atoms with Crippen LogP contribution in [-0.2, 0) is 19.6 Å². The van der Waals surface area contributed by atoms with E-state index in [1.54, 1.807) is 56.3 Å². The second-order valence-corrected chi connectivity index (χ2v) is 8.37. The van der Waals surface area contributed by atoms with Gasteiger partial charge in [0.2, 0.25) is 15.9 Å². The molecule has 0 saturated carbocycles. The number of carbonyl (C=O) groups excluding carboxylic acids is 2. The lowest BCUT2D eigenvalue weighted by atomic mass is 10.1. The highest BCUT2D eigenvalue weighted by Crippen LogP contribution is 2.25. The summed E-state index contributed by atoms with van der Waals surface area (Å²) in [5.74, 6) is -1.02. The Morgan fingerprint density at radius 1 is 1.14 bits per heavy atom. The van der Waals surface area contributed by atoms with Crippen LogP contribution in [0.3, 0.4) is 0 Å². The zero-order chi connectivity index (χ0) is 20.9. The van der Waals surface area contributed by atoms with Crippen molar-refractivity contribution in [2.45, 2.75) is 19.9 Å². The van der Waals surface area contributed by atoms with E-state index in [4.69, 9.17) is 4.74 Å². The molecule has 1 N–H and O–H groups in total. The van der Waals surface area contributed by atoms with Gasteiger partial charge in [0.15, 0.2) is 0 Å². The first-order valence-electron chi connectivity index (χ1n) is 8.71. The van der Waals surface area contributed by atoms with Crippen LogP contribution >= 0.6 is 0 Å². The molecule has 0 aliphatic heterocycles. The summed E-state index contributed by atoms with van der Waals surface area (Å²) in [6.45, 7) is 3.73. The molecule has 1 atom stereocenters. The average molecular weight is 404 g/mol. The van der Waals surface area contributed by atoms with E-state index < -0.39 is 27.9 Å². The quantitative estimate of drug-likeness (QED) is 0.717. The molecule has 0 aliphatic rings. The van der Waals surface area contributed by atoms with Crippen LogP contribution in [0, 0.1) is 6.92 Å². The van der Waals surface area contributed by atoms with Crippen molar-refractivity contribution in [1.82, 2.24) is 4.31 Å². The van der Waals surface area contributed by atoms with E-state index in [2.05, 4.69) is 5.32 Å². The summed E-state index contributed by atoms with van der Waals surface area (Å²) in [5, 5.41) is 2.75. The number of nitrogens with zero attached hydrogens (tertiary/aromatic N) is 1. The summed E-state index contributed by atoms with van der Waals surface area (Å²) in [4.78, 5) is 25.0. The molecule has 0 aromatic heterocycles. The summed E-state index contributed by atoms with van der Waals surface area (Å²) >= 11 is 0. The molecule has 0 saturated heterocycles. The van der Waals surface area contributed by atoms with E-state index >= 15 is 0 Å². The molecule has 2 rings (SSSR count). The maximum Gasteiger partial charge on any atom is 0.338 e. The predicted molar refractivity (Wildman–Crippen MR) is 108 cm³/mol. The fourth-order valence-electron chi connectivity index (χ4n) is 2.65. The smallest absolute Gasteiger partial charge is 0.338 e. The van der Waals surface area contributed by atoms with Gasteiger partial charge in [-0.25, -0.2) is 13.2 Å². The molecular formula is C20H24N2O5S. The molecule has 0 spiro atoms. The van der Waals surface area contributed by atoms with Gasteiger partial charge in [-0.05, 0) is 37.1 Å². The van der Waals surface area contributed by atoms with Crippen LogP contribution in [0.4, 0.5) is 5.69 Å². The van der Waals surface area contributed by atoms with E-state index in [0.29, 0.717) is 16.8 Å². The lowest BCUT2D eigenvalue weighted by molar-refractivity contribution is -0.119. The standard InChI is InChI=1S/C20H24N2O5S/c1-5-27-20(24)16-12-11-14(2)17(13-16)21-19(23)18(22(3)28(4,25)26)15-9-7-6-8-10-15/h6-13,18H,5H2,1-4H3,(H,21,23). The van der Waals surface area contributed by atoms with Crippen LogP contribution in [0.2, 0.25) is 0 Å². The number of ether oxygens (including phenoxy) is 1. The first-order chi connectivity index (χ1) is 13.1. The molecule has 7 nitrogen and oxygen atoms in total. The van der Waals surface area contributed by atoms with Gasteiger partial charge < -0.3 is 10.1 Å². The summed E-state index contributed by atoms with van der Waals surface area (Å²) in [6.07, 6.45) is 1.04. The Hall–Kier alpha value is -2.71. The average Bonchev–Trinajstić information content (AvgIpc) is 2.64. The minimum Gasteiger partial charge on any atom is -0.462 e. The lowest BCUT2D eigenvalue weighted by Crippen LogP contribution is -2.38. The number of esters is 1. The highest BCUT2D eigenvalue weighted by atomic mass is 32.2. The van der Waals surface area contributed by atoms with Crippen molar-refractivity contribution in [3.63, 3.8) is 0 Å². The third-order valence-corrected chi connectivity index (χ3v) is 5.51. The number of anilines is 1. The summed E-state index contributed by atoms with van der Waals surface area (Å²) < 4.78 is 30.1. The Balaban J connectivity index is 2.39. The van der Waals surface area contributed by atoms with Gasteiger partial charge >= 0.3 is 5.97 Å². The largest absolute Gasteiger partial charge is 0.462 e. The fraction of sp³-hybridized carbons (Fsp3) is 0.300. The first-order valence-corrected chi connectivity index (χ1v) is 10.6. The van der Waals surface area contributed by atoms with Crippen LogP contribution < -0.4 is 5.32 Å². The van der Waals surface area contributed by atoms with Crippen molar-refractivity contribution in [3.8, 4) is 0 Å². The number of benzene rings is 2. The fourth-order valence-corrected chi connectivity index (χ4v) is 3.25. The number of hydrogen-bond donors (Lipinski definition) is 1. The van der Waals surface area contributed by atoms with E-state index in [9.17, 15) is 18.0 Å². The zero-order valence-corrected chi connectivity index (χ0v) is 17.1. The van der Waals surface area contributed by atoms with Gasteiger partial charge in [-0.3, -0.25) is 4.79 Å². The Labute approximate surface area is 165 Å². The molecule has 8 heteroatoms. The summed E-state index contributed by atoms with van der Waals surface area (Å²) in [7, 11) is -2.27. The van der Waals surface area contributed by atoms with Crippen molar-refractivity contribution in [1.29, 1.82) is 0 Å². The van der Waals surface area contributed by atoms with E-state index in [1.807, 2.05) is 0 Å². The first kappa shape index (κ1) is 21.6. The molecule has 0 heterocycles. The number of sulfonamides is 1. The number of aryl methyl sites for hydroxylation is 1. The second-order valence-electron chi connectivity index (χ2n) is 6.33. The zero-order valence-electron chi connectivity index (χ0n) is 16.3. The van der Waals surface area contributed by atoms with Crippen LogP contribution in [0.25, 0.3) is 0 Å². The lowest BCUT2D eigenvalue weighted by Gasteiger charge is -2.26. The predicted octanol–water partition coefficient (Wildman–Crippen LogP) is 2.74. The van der Waals surface area contributed by atoms with Crippen LogP contribution in [0.1, 0.15) is 34.5 Å². The highest BCUT2D eigenvalue weighted by Gasteiger charge is 2.31. The minimum atomic E-state index is -3.63. The Bertz CT molecular complexity index is 958. The Morgan fingerprint density at radius 3 is 2.36 bits per heavy atom. The molecule has 0 radical (unpaired) electrons. The van der Waals surface area contributed by atoms with Crippen molar-refractivity contribution >= 4 is 27.6 Å². The molecule has 1 unspecified atom stereocenters. The number of rotatable bonds is 7. The van der Waals surface area contributed by atoms with Gasteiger partial charge in [0.05, 0.1) is 18.4 Å². The van der Waals surface area contributed by atoms with Crippen molar-refractivity contribution in [3.05, 3.63) is 65.2 Å². The topological polar surface area (TPSA) is 92.8 Å². The van der Waals surface area contributed by atoms with Gasteiger partial charge in [0.1, 0.15) is 6.04 Å². The number of carbonyl (C=O) groups is 2. The molecular weight excluding hydrogens is 380 g/mol. The van der Waals surface area contributed by atoms with Crippen LogP contribution in [-0.4, -0.2) is 44.5 Å². The van der Waals surface area contributed by atoms with Crippen molar-refractivity contribution in [2.75, 3.05) is 25.2 Å². The van der Waals surface area contributed by atoms with E-state index in [-0.39, 0.29) is 6.61 Å². The molecule has 2 aromatic rings. The number of likely N-dealkylation sites (N-methyl/N-ethyl adjacent to an activating group) is 1. The molecule has 0 bridgehead atoms. The van der Waals surface area contributed by atoms with Gasteiger partial charge in [0, 0.05) is 12.7 Å². The molecule has 0 aliphatic carbocycles. The molecule has 150 valence electrons. The van der Waals surface area contributed by atoms with Crippen molar-refractivity contribution < 1.29 is 22.7 Å². The highest BCUT2D eigenvalue weighted by molar-refractivity contribution is 7.88. The van der Waals surface area contributed by atoms with Crippen LogP contribution in [0.5, 0.6) is 0 Å². The molecule has 28 heavy (non-hydrogen) atoms. The maximum absolute atomic E-state index is 13.0. The number of hydrogen-bond acceptors (Lipinski definition) is 5. The monoisotopic (exact) mass is 404 g/mol. The van der Waals surface area contributed by atoms with Crippen molar-refractivity contribution in [2.24, 2.45) is 0 Å². The third kappa shape index (κ3) is 5.17. The second kappa shape index (κ2) is 8.99. The van der Waals surface area contributed by atoms with E-state index in [1.165, 1.54) is 13.1 Å². The van der Waals surface area contributed by atoms with Gasteiger partial charge in [0.25, 0.3) is 0 Å². The van der Waals surface area contributed by atoms with Crippen LogP contribution in [0.15, 0.2) is 48.5 Å². The SMILES string of the molecule is CCOC(=O)c1ccc(C)c(NC(=O)C(c2ccccc2)N(C)S(C)(=O)=O)c1. The van der Waals surface area contributed by atoms with Gasteiger partial charge in [-0.2, -0.15) is 4.31 Å². The molecule has 2 aromatic carbocycles.